The van der Waals surface area contributed by atoms with E-state index in [1.54, 1.807) is 18.2 Å². The van der Waals surface area contributed by atoms with Gasteiger partial charge in [0.25, 0.3) is 5.91 Å². The Kier molecular flexibility index (Phi) is 7.01. The van der Waals surface area contributed by atoms with Crippen LogP contribution >= 0.6 is 11.6 Å². The van der Waals surface area contributed by atoms with Crippen molar-refractivity contribution < 1.29 is 29.3 Å². The normalized spacial score (nSPS) is 30.8. The van der Waals surface area contributed by atoms with Gasteiger partial charge >= 0.3 is 5.97 Å². The zero-order chi connectivity index (χ0) is 25.7. The summed E-state index contributed by atoms with van der Waals surface area (Å²) in [5, 5.41) is 20.7. The van der Waals surface area contributed by atoms with E-state index in [9.17, 15) is 24.6 Å². The first-order chi connectivity index (χ1) is 16.6. The molecule has 1 spiro atoms. The minimum absolute atomic E-state index is 0.121. The highest BCUT2D eigenvalue weighted by Crippen LogP contribution is 2.59. The van der Waals surface area contributed by atoms with Gasteiger partial charge in [-0.2, -0.15) is 0 Å². The maximum atomic E-state index is 14.4. The first-order valence-electron chi connectivity index (χ1n) is 12.2. The Morgan fingerprint density at radius 2 is 2.14 bits per heavy atom. The van der Waals surface area contributed by atoms with Gasteiger partial charge in [0.15, 0.2) is 0 Å². The molecule has 1 aromatic carbocycles. The van der Waals surface area contributed by atoms with Crippen LogP contribution in [0.2, 0.25) is 5.02 Å². The van der Waals surface area contributed by atoms with Gasteiger partial charge in [-0.1, -0.05) is 50.1 Å². The van der Waals surface area contributed by atoms with Gasteiger partial charge in [-0.25, -0.2) is 0 Å². The minimum Gasteiger partial charge on any atom is -0.481 e. The SMILES string of the molecule is C=CCN(C(=O)C1N([C@@H](CO)[C@@H](C)CC)C(=O)[C@@H]2[C@@H](C(=O)O)[C@H]3CCC12O3)c1c(C)cccc1Cl. The highest BCUT2D eigenvalue weighted by atomic mass is 35.5. The average molecular weight is 505 g/mol. The number of likely N-dealkylation sites (tertiary alicyclic amines) is 1. The molecular formula is C26H33ClN2O6. The molecule has 7 atom stereocenters. The number of aliphatic carboxylic acids is 1. The molecule has 8 nitrogen and oxygen atoms in total. The summed E-state index contributed by atoms with van der Waals surface area (Å²) in [5.74, 6) is -4.08. The van der Waals surface area contributed by atoms with E-state index in [0.717, 1.165) is 5.56 Å². The molecule has 0 saturated carbocycles. The van der Waals surface area contributed by atoms with Gasteiger partial charge in [-0.3, -0.25) is 14.4 Å². The second-order valence-electron chi connectivity index (χ2n) is 9.92. The van der Waals surface area contributed by atoms with E-state index < -0.39 is 53.4 Å². The lowest BCUT2D eigenvalue weighted by molar-refractivity contribution is -0.151. The minimum atomic E-state index is -1.27. The number of anilines is 1. The molecule has 1 aromatic rings. The van der Waals surface area contributed by atoms with E-state index in [1.807, 2.05) is 26.8 Å². The Labute approximate surface area is 210 Å². The largest absolute Gasteiger partial charge is 0.481 e. The number of rotatable bonds is 9. The first-order valence-corrected chi connectivity index (χ1v) is 12.5. The molecule has 3 aliphatic rings. The Balaban J connectivity index is 1.88. The predicted molar refractivity (Wildman–Crippen MR) is 131 cm³/mol. The highest BCUT2D eigenvalue weighted by Gasteiger charge is 2.75. The van der Waals surface area contributed by atoms with Crippen molar-refractivity contribution in [3.05, 3.63) is 41.4 Å². The number of hydrogen-bond donors (Lipinski definition) is 2. The summed E-state index contributed by atoms with van der Waals surface area (Å²) in [6, 6.07) is 3.59. The van der Waals surface area contributed by atoms with Crippen molar-refractivity contribution >= 4 is 35.1 Å². The molecule has 2 amide bonds. The van der Waals surface area contributed by atoms with Crippen molar-refractivity contribution in [2.75, 3.05) is 18.1 Å². The topological polar surface area (TPSA) is 107 Å². The standard InChI is InChI=1S/C26H33ClN2O6/c1-5-12-28(21-15(4)8-7-9-16(21)27)24(32)22-26-11-10-18(35-26)19(25(33)34)20(26)23(31)29(22)17(13-30)14(3)6-2/h5,7-9,14,17-20,22,30H,1,6,10-13H2,2-4H3,(H,33,34)/t14-,17-,18+,19-,20-,22?,26?/m0/s1. The molecule has 3 heterocycles. The van der Waals surface area contributed by atoms with Gasteiger partial charge in [0.05, 0.1) is 41.3 Å². The second-order valence-corrected chi connectivity index (χ2v) is 10.3. The molecular weight excluding hydrogens is 472 g/mol. The number of hydrogen-bond acceptors (Lipinski definition) is 5. The third kappa shape index (κ3) is 3.77. The molecule has 2 N–H and O–H groups in total. The molecule has 0 aromatic heterocycles. The van der Waals surface area contributed by atoms with Crippen molar-refractivity contribution in [1.29, 1.82) is 0 Å². The number of aryl methyl sites for hydroxylation is 1. The number of aliphatic hydroxyl groups is 1. The monoisotopic (exact) mass is 504 g/mol. The zero-order valence-corrected chi connectivity index (χ0v) is 21.1. The molecule has 35 heavy (non-hydrogen) atoms. The number of carboxylic acid groups (broad SMARTS) is 1. The van der Waals surface area contributed by atoms with Crippen LogP contribution in [-0.4, -0.2) is 69.8 Å². The summed E-state index contributed by atoms with van der Waals surface area (Å²) >= 11 is 6.53. The molecule has 190 valence electrons. The van der Waals surface area contributed by atoms with Crippen LogP contribution < -0.4 is 4.90 Å². The number of carbonyl (C=O) groups is 3. The van der Waals surface area contributed by atoms with Crippen molar-refractivity contribution in [1.82, 2.24) is 4.90 Å². The van der Waals surface area contributed by atoms with Crippen LogP contribution in [0.25, 0.3) is 0 Å². The van der Waals surface area contributed by atoms with Gasteiger partial charge in [0, 0.05) is 6.54 Å². The number of carbonyl (C=O) groups excluding carboxylic acids is 2. The maximum Gasteiger partial charge on any atom is 0.310 e. The van der Waals surface area contributed by atoms with Crippen LogP contribution in [0.3, 0.4) is 0 Å². The average Bonchev–Trinajstić information content (AvgIpc) is 3.46. The van der Waals surface area contributed by atoms with Crippen LogP contribution in [-0.2, 0) is 19.1 Å². The van der Waals surface area contributed by atoms with E-state index in [1.165, 1.54) is 9.80 Å². The third-order valence-corrected chi connectivity index (χ3v) is 8.44. The van der Waals surface area contributed by atoms with E-state index in [0.29, 0.717) is 30.0 Å². The lowest BCUT2D eigenvalue weighted by Crippen LogP contribution is -2.60. The molecule has 2 unspecified atom stereocenters. The number of ether oxygens (including phenoxy) is 1. The highest BCUT2D eigenvalue weighted by molar-refractivity contribution is 6.34. The fraction of sp³-hybridized carbons (Fsp3) is 0.577. The summed E-state index contributed by atoms with van der Waals surface area (Å²) in [6.45, 7) is 9.30. The first kappa shape index (κ1) is 25.7. The molecule has 3 aliphatic heterocycles. The number of aliphatic hydroxyl groups excluding tert-OH is 1. The van der Waals surface area contributed by atoms with E-state index in [2.05, 4.69) is 6.58 Å². The van der Waals surface area contributed by atoms with E-state index >= 15 is 0 Å². The van der Waals surface area contributed by atoms with E-state index in [4.69, 9.17) is 16.3 Å². The smallest absolute Gasteiger partial charge is 0.310 e. The fourth-order valence-electron chi connectivity index (χ4n) is 6.36. The van der Waals surface area contributed by atoms with Crippen molar-refractivity contribution in [3.8, 4) is 0 Å². The van der Waals surface area contributed by atoms with Gasteiger partial charge in [0.2, 0.25) is 5.91 Å². The van der Waals surface area contributed by atoms with Crippen molar-refractivity contribution in [2.24, 2.45) is 17.8 Å². The summed E-state index contributed by atoms with van der Waals surface area (Å²) in [4.78, 5) is 43.5. The molecule has 9 heteroatoms. The molecule has 0 radical (unpaired) electrons. The van der Waals surface area contributed by atoms with Crippen LogP contribution in [0.15, 0.2) is 30.9 Å². The zero-order valence-electron chi connectivity index (χ0n) is 20.3. The molecule has 2 bridgehead atoms. The molecule has 3 saturated heterocycles. The van der Waals surface area contributed by atoms with Gasteiger partial charge in [0.1, 0.15) is 11.6 Å². The lowest BCUT2D eigenvalue weighted by Gasteiger charge is -2.41. The Hall–Kier alpha value is -2.42. The quantitative estimate of drug-likeness (QED) is 0.500. The Morgan fingerprint density at radius 3 is 2.71 bits per heavy atom. The third-order valence-electron chi connectivity index (χ3n) is 8.14. The van der Waals surface area contributed by atoms with E-state index in [-0.39, 0.29) is 19.1 Å². The molecule has 4 rings (SSSR count). The number of amides is 2. The lowest BCUT2D eigenvalue weighted by atomic mass is 9.70. The maximum absolute atomic E-state index is 14.4. The Morgan fingerprint density at radius 1 is 1.43 bits per heavy atom. The van der Waals surface area contributed by atoms with Crippen LogP contribution in [0, 0.1) is 24.7 Å². The Bertz CT molecular complexity index is 1030. The predicted octanol–water partition coefficient (Wildman–Crippen LogP) is 3.03. The van der Waals surface area contributed by atoms with Crippen LogP contribution in [0.1, 0.15) is 38.7 Å². The number of fused-ring (bicyclic) bond motifs is 1. The molecule has 0 aliphatic carbocycles. The van der Waals surface area contributed by atoms with Gasteiger partial charge in [-0.05, 0) is 37.3 Å². The summed E-state index contributed by atoms with van der Waals surface area (Å²) < 4.78 is 6.29. The van der Waals surface area contributed by atoms with Crippen LogP contribution in [0.4, 0.5) is 5.69 Å². The summed E-state index contributed by atoms with van der Waals surface area (Å²) in [6.07, 6.45) is 2.48. The number of carboxylic acids is 1. The molecule has 3 fully saturated rings. The van der Waals surface area contributed by atoms with Crippen molar-refractivity contribution in [2.45, 2.75) is 63.8 Å². The number of para-hydroxylation sites is 1. The number of benzene rings is 1. The van der Waals surface area contributed by atoms with Gasteiger partial charge < -0.3 is 24.7 Å². The fourth-order valence-corrected chi connectivity index (χ4v) is 6.68. The second kappa shape index (κ2) is 9.56. The summed E-state index contributed by atoms with van der Waals surface area (Å²) in [5.41, 5.74) is 0.0215. The number of halogens is 1. The number of nitrogens with zero attached hydrogens (tertiary/aromatic N) is 2. The van der Waals surface area contributed by atoms with Crippen molar-refractivity contribution in [3.63, 3.8) is 0 Å². The van der Waals surface area contributed by atoms with Gasteiger partial charge in [-0.15, -0.1) is 6.58 Å². The van der Waals surface area contributed by atoms with Crippen LogP contribution in [0.5, 0.6) is 0 Å². The summed E-state index contributed by atoms with van der Waals surface area (Å²) in [7, 11) is 0.